The molecule has 0 bridgehead atoms. The smallest absolute Gasteiger partial charge is 0.304 e. The van der Waals surface area contributed by atoms with Gasteiger partial charge in [0.1, 0.15) is 22.5 Å². The van der Waals surface area contributed by atoms with Crippen LogP contribution in [0.2, 0.25) is 0 Å². The number of nitrogens with one attached hydrogen (secondary N) is 1. The quantitative estimate of drug-likeness (QED) is 0.875. The Morgan fingerprint density at radius 1 is 1.52 bits per heavy atom. The van der Waals surface area contributed by atoms with Gasteiger partial charge in [0.05, 0.1) is 6.42 Å². The number of carbonyl (C=O) groups excluding carboxylic acids is 1. The predicted octanol–water partition coefficient (Wildman–Crippen LogP) is 2.87. The van der Waals surface area contributed by atoms with Crippen LogP contribution in [0.15, 0.2) is 24.3 Å². The first-order valence-corrected chi connectivity index (χ1v) is 7.42. The Hall–Kier alpha value is -2.79. The first-order chi connectivity index (χ1) is 10.9. The van der Waals surface area contributed by atoms with Gasteiger partial charge in [-0.25, -0.2) is 9.37 Å². The molecule has 0 aliphatic carbocycles. The van der Waals surface area contributed by atoms with Crippen LogP contribution in [-0.4, -0.2) is 22.0 Å². The molecular weight excluding hydrogens is 321 g/mol. The van der Waals surface area contributed by atoms with E-state index in [-0.39, 0.29) is 22.1 Å². The second-order valence-corrected chi connectivity index (χ2v) is 5.81. The fourth-order valence-electron chi connectivity index (χ4n) is 1.86. The number of rotatable bonds is 5. The predicted molar refractivity (Wildman–Crippen MR) is 82.3 cm³/mol. The molecule has 1 heterocycles. The van der Waals surface area contributed by atoms with Crippen LogP contribution in [0.1, 0.15) is 18.2 Å². The molecule has 1 aromatic carbocycles. The molecule has 1 aromatic heterocycles. The molecule has 0 fully saturated rings. The van der Waals surface area contributed by atoms with E-state index in [9.17, 15) is 14.0 Å². The van der Waals surface area contributed by atoms with Gasteiger partial charge >= 0.3 is 5.97 Å². The number of aliphatic carboxylic acids is 1. The summed E-state index contributed by atoms with van der Waals surface area (Å²) in [5.74, 6) is -2.78. The van der Waals surface area contributed by atoms with Crippen molar-refractivity contribution in [1.82, 2.24) is 4.98 Å². The number of benzene rings is 1. The van der Waals surface area contributed by atoms with Crippen LogP contribution in [0.25, 0.3) is 11.3 Å². The van der Waals surface area contributed by atoms with Gasteiger partial charge in [-0.3, -0.25) is 9.59 Å². The largest absolute Gasteiger partial charge is 0.481 e. The maximum Gasteiger partial charge on any atom is 0.304 e. The summed E-state index contributed by atoms with van der Waals surface area (Å²) in [6.45, 7) is 1.48. The Labute approximate surface area is 135 Å². The molecule has 0 aliphatic rings. The van der Waals surface area contributed by atoms with Gasteiger partial charge in [0.15, 0.2) is 5.13 Å². The van der Waals surface area contributed by atoms with Crippen molar-refractivity contribution in [3.8, 4) is 17.3 Å². The average Bonchev–Trinajstić information content (AvgIpc) is 2.89. The Bertz CT molecular complexity index is 798. The summed E-state index contributed by atoms with van der Waals surface area (Å²) < 4.78 is 13.3. The van der Waals surface area contributed by atoms with Crippen LogP contribution < -0.4 is 5.32 Å². The number of thiazole rings is 1. The maximum absolute atomic E-state index is 13.3. The zero-order valence-corrected chi connectivity index (χ0v) is 12.9. The van der Waals surface area contributed by atoms with E-state index in [1.165, 1.54) is 25.1 Å². The third-order valence-electron chi connectivity index (χ3n) is 2.99. The molecule has 2 N–H and O–H groups in total. The first-order valence-electron chi connectivity index (χ1n) is 6.60. The fourth-order valence-corrected chi connectivity index (χ4v) is 2.65. The lowest BCUT2D eigenvalue weighted by Crippen LogP contribution is -2.22. The average molecular weight is 333 g/mol. The van der Waals surface area contributed by atoms with Crippen molar-refractivity contribution in [2.45, 2.75) is 13.3 Å². The maximum atomic E-state index is 13.3. The Morgan fingerprint density at radius 2 is 2.26 bits per heavy atom. The Kier molecular flexibility index (Phi) is 5.03. The number of hydrogen-bond acceptors (Lipinski definition) is 5. The van der Waals surface area contributed by atoms with Gasteiger partial charge in [0.25, 0.3) is 0 Å². The summed E-state index contributed by atoms with van der Waals surface area (Å²) in [5.41, 5.74) is 0.704. The number of nitrogens with zero attached hydrogens (tertiary/aromatic N) is 2. The van der Waals surface area contributed by atoms with Crippen molar-refractivity contribution in [3.05, 3.63) is 35.0 Å². The molecule has 1 atom stereocenters. The van der Waals surface area contributed by atoms with Gasteiger partial charge in [0.2, 0.25) is 5.91 Å². The molecule has 0 aliphatic heterocycles. The van der Waals surface area contributed by atoms with Crippen LogP contribution in [0, 0.1) is 23.1 Å². The lowest BCUT2D eigenvalue weighted by molar-refractivity contribution is -0.139. The van der Waals surface area contributed by atoms with Gasteiger partial charge in [-0.15, -0.1) is 0 Å². The van der Waals surface area contributed by atoms with Gasteiger partial charge in [-0.05, 0) is 12.1 Å². The van der Waals surface area contributed by atoms with E-state index in [0.29, 0.717) is 5.56 Å². The van der Waals surface area contributed by atoms with Crippen molar-refractivity contribution >= 4 is 28.3 Å². The van der Waals surface area contributed by atoms with Crippen LogP contribution >= 0.6 is 11.3 Å². The number of hydrogen-bond donors (Lipinski definition) is 2. The molecule has 0 spiro atoms. The van der Waals surface area contributed by atoms with E-state index in [1.54, 1.807) is 6.07 Å². The number of anilines is 1. The second kappa shape index (κ2) is 6.98. The molecular formula is C15H12FN3O3S. The van der Waals surface area contributed by atoms with E-state index in [0.717, 1.165) is 11.3 Å². The SMILES string of the molecule is CC(CC(=O)O)C(=O)Nc1nc(-c2cccc(F)c2)c(C#N)s1. The highest BCUT2D eigenvalue weighted by Crippen LogP contribution is 2.31. The molecule has 23 heavy (non-hydrogen) atoms. The van der Waals surface area contributed by atoms with Gasteiger partial charge in [0, 0.05) is 11.5 Å². The molecule has 0 radical (unpaired) electrons. The molecule has 118 valence electrons. The number of aromatic nitrogens is 1. The standard InChI is InChI=1S/C15H12FN3O3S/c1-8(5-12(20)21)14(22)19-15-18-13(11(7-17)23-15)9-3-2-4-10(16)6-9/h2-4,6,8H,5H2,1H3,(H,20,21)(H,18,19,22). The number of carboxylic acids is 1. The Morgan fingerprint density at radius 3 is 2.87 bits per heavy atom. The van der Waals surface area contributed by atoms with Crippen molar-refractivity contribution < 1.29 is 19.1 Å². The van der Waals surface area contributed by atoms with Crippen molar-refractivity contribution in [3.63, 3.8) is 0 Å². The summed E-state index contributed by atoms with van der Waals surface area (Å²) >= 11 is 0.951. The van der Waals surface area contributed by atoms with Gasteiger partial charge < -0.3 is 10.4 Å². The highest BCUT2D eigenvalue weighted by Gasteiger charge is 2.20. The minimum Gasteiger partial charge on any atom is -0.481 e. The van der Waals surface area contributed by atoms with Crippen LogP contribution in [0.4, 0.5) is 9.52 Å². The molecule has 0 saturated carbocycles. The fraction of sp³-hybridized carbons (Fsp3) is 0.200. The molecule has 8 heteroatoms. The topological polar surface area (TPSA) is 103 Å². The summed E-state index contributed by atoms with van der Waals surface area (Å²) in [4.78, 5) is 26.9. The summed E-state index contributed by atoms with van der Waals surface area (Å²) in [7, 11) is 0. The van der Waals surface area contributed by atoms with E-state index in [2.05, 4.69) is 10.3 Å². The van der Waals surface area contributed by atoms with Gasteiger partial charge in [-0.2, -0.15) is 5.26 Å². The molecule has 1 unspecified atom stereocenters. The van der Waals surface area contributed by atoms with Crippen LogP contribution in [-0.2, 0) is 9.59 Å². The molecule has 6 nitrogen and oxygen atoms in total. The second-order valence-electron chi connectivity index (χ2n) is 4.81. The first kappa shape index (κ1) is 16.6. The molecule has 1 amide bonds. The highest BCUT2D eigenvalue weighted by atomic mass is 32.1. The number of halogens is 1. The third kappa shape index (κ3) is 4.11. The summed E-state index contributed by atoms with van der Waals surface area (Å²) in [5, 5.41) is 20.5. The molecule has 2 rings (SSSR count). The minimum atomic E-state index is -1.08. The highest BCUT2D eigenvalue weighted by molar-refractivity contribution is 7.16. The van der Waals surface area contributed by atoms with Crippen LogP contribution in [0.3, 0.4) is 0 Å². The third-order valence-corrected chi connectivity index (χ3v) is 3.86. The van der Waals surface area contributed by atoms with E-state index >= 15 is 0 Å². The zero-order chi connectivity index (χ0) is 17.0. The minimum absolute atomic E-state index is 0.169. The monoisotopic (exact) mass is 333 g/mol. The lowest BCUT2D eigenvalue weighted by Gasteiger charge is -2.07. The van der Waals surface area contributed by atoms with Crippen LogP contribution in [0.5, 0.6) is 0 Å². The lowest BCUT2D eigenvalue weighted by atomic mass is 10.1. The van der Waals surface area contributed by atoms with E-state index < -0.39 is 23.6 Å². The normalized spacial score (nSPS) is 11.5. The van der Waals surface area contributed by atoms with E-state index in [4.69, 9.17) is 10.4 Å². The zero-order valence-electron chi connectivity index (χ0n) is 12.0. The number of carbonyl (C=O) groups is 2. The van der Waals surface area contributed by atoms with Crippen molar-refractivity contribution in [2.75, 3.05) is 5.32 Å². The van der Waals surface area contributed by atoms with Crippen molar-refractivity contribution in [2.24, 2.45) is 5.92 Å². The van der Waals surface area contributed by atoms with E-state index in [1.807, 2.05) is 6.07 Å². The Balaban J connectivity index is 2.24. The van der Waals surface area contributed by atoms with Gasteiger partial charge in [-0.1, -0.05) is 30.4 Å². The number of carboxylic acid groups (broad SMARTS) is 1. The number of nitriles is 1. The van der Waals surface area contributed by atoms with Crippen molar-refractivity contribution in [1.29, 1.82) is 5.26 Å². The molecule has 2 aromatic rings. The molecule has 0 saturated heterocycles. The number of amides is 1. The summed E-state index contributed by atoms with van der Waals surface area (Å²) in [6.07, 6.45) is -0.306. The summed E-state index contributed by atoms with van der Waals surface area (Å²) in [6, 6.07) is 7.58.